The zero-order chi connectivity index (χ0) is 16.5. The minimum atomic E-state index is -3.60. The minimum absolute atomic E-state index is 0.00392. The molecule has 0 saturated carbocycles. The van der Waals surface area contributed by atoms with Gasteiger partial charge < -0.3 is 5.11 Å². The molecule has 0 radical (unpaired) electrons. The second-order valence-electron chi connectivity index (χ2n) is 4.42. The second-order valence-corrected chi connectivity index (χ2v) is 6.94. The number of benzene rings is 1. The smallest absolute Gasteiger partial charge is 0.353 e. The van der Waals surface area contributed by atoms with E-state index in [4.69, 9.17) is 16.7 Å². The molecule has 7 nitrogen and oxygen atoms in total. The van der Waals surface area contributed by atoms with Gasteiger partial charge in [0.15, 0.2) is 9.84 Å². The third-order valence-electron chi connectivity index (χ3n) is 2.75. The van der Waals surface area contributed by atoms with Gasteiger partial charge in [0.25, 0.3) is 5.56 Å². The van der Waals surface area contributed by atoms with Crippen LogP contribution in [-0.2, 0) is 9.84 Å². The molecule has 22 heavy (non-hydrogen) atoms. The summed E-state index contributed by atoms with van der Waals surface area (Å²) in [7, 11) is -3.60. The van der Waals surface area contributed by atoms with Crippen LogP contribution in [0.5, 0.6) is 0 Å². The lowest BCUT2D eigenvalue weighted by Crippen LogP contribution is -2.14. The molecule has 1 heterocycles. The summed E-state index contributed by atoms with van der Waals surface area (Å²) in [6.45, 7) is 3.34. The number of carboxylic acids is 1. The molecule has 1 aromatic heterocycles. The summed E-state index contributed by atoms with van der Waals surface area (Å²) in [5.41, 5.74) is -0.525. The predicted octanol–water partition coefficient (Wildman–Crippen LogP) is 1.39. The number of H-pyrrole nitrogens is 1. The van der Waals surface area contributed by atoms with Crippen molar-refractivity contribution in [3.05, 3.63) is 58.0 Å². The average Bonchev–Trinajstić information content (AvgIpc) is 2.80. The number of nitrogens with zero attached hydrogens (tertiary/aromatic N) is 1. The first-order chi connectivity index (χ1) is 10.2. The van der Waals surface area contributed by atoms with E-state index < -0.39 is 21.4 Å². The molecule has 1 aromatic carbocycles. The Hall–Kier alpha value is -2.32. The number of carboxylic acid groups (broad SMARTS) is 1. The number of nitrogens with one attached hydrogen (secondary N) is 1. The highest BCUT2D eigenvalue weighted by Gasteiger charge is 2.16. The number of carbonyl (C=O) groups is 1. The molecule has 2 aromatic rings. The summed E-state index contributed by atoms with van der Waals surface area (Å²) in [5, 5.41) is 11.2. The van der Waals surface area contributed by atoms with Crippen LogP contribution < -0.4 is 5.56 Å². The van der Waals surface area contributed by atoms with Crippen LogP contribution in [0.4, 0.5) is 0 Å². The highest BCUT2D eigenvalue weighted by molar-refractivity contribution is 7.91. The molecule has 116 valence electrons. The zero-order valence-corrected chi connectivity index (χ0v) is 12.7. The Balaban J connectivity index is 2.39. The van der Waals surface area contributed by atoms with Crippen molar-refractivity contribution >= 4 is 27.4 Å². The molecule has 0 aliphatic carbocycles. The van der Waals surface area contributed by atoms with Crippen molar-refractivity contribution in [3.8, 4) is 5.69 Å². The van der Waals surface area contributed by atoms with E-state index in [-0.39, 0.29) is 21.4 Å². The van der Waals surface area contributed by atoms with Gasteiger partial charge in [0.05, 0.1) is 16.3 Å². The Labute approximate surface area is 130 Å². The molecular formula is C13H11ClN2O5S. The Morgan fingerprint density at radius 2 is 1.91 bits per heavy atom. The maximum absolute atomic E-state index is 12.0. The van der Waals surface area contributed by atoms with Crippen LogP contribution in [0.2, 0.25) is 0 Å². The lowest BCUT2D eigenvalue weighted by atomic mass is 10.3. The maximum atomic E-state index is 12.0. The van der Waals surface area contributed by atoms with Crippen LogP contribution in [0.3, 0.4) is 0 Å². The second kappa shape index (κ2) is 5.82. The van der Waals surface area contributed by atoms with Crippen molar-refractivity contribution in [1.29, 1.82) is 0 Å². The monoisotopic (exact) mass is 342 g/mol. The molecule has 0 aliphatic rings. The molecule has 0 unspecified atom stereocenters. The van der Waals surface area contributed by atoms with Gasteiger partial charge in [0.1, 0.15) is 5.69 Å². The summed E-state index contributed by atoms with van der Waals surface area (Å²) in [6, 6.07) is 6.31. The van der Waals surface area contributed by atoms with Crippen LogP contribution >= 0.6 is 11.6 Å². The number of hydrogen-bond acceptors (Lipinski definition) is 4. The number of aromatic nitrogens is 2. The summed E-state index contributed by atoms with van der Waals surface area (Å²) < 4.78 is 24.9. The summed E-state index contributed by atoms with van der Waals surface area (Å²) >= 11 is 5.51. The molecule has 0 amide bonds. The van der Waals surface area contributed by atoms with Crippen LogP contribution in [0, 0.1) is 0 Å². The topological polar surface area (TPSA) is 109 Å². The zero-order valence-electron chi connectivity index (χ0n) is 11.1. The van der Waals surface area contributed by atoms with Crippen molar-refractivity contribution in [2.24, 2.45) is 0 Å². The highest BCUT2D eigenvalue weighted by Crippen LogP contribution is 2.17. The fourth-order valence-electron chi connectivity index (χ4n) is 1.79. The van der Waals surface area contributed by atoms with E-state index >= 15 is 0 Å². The number of aromatic amines is 1. The van der Waals surface area contributed by atoms with Crippen LogP contribution in [0.15, 0.2) is 51.6 Å². The minimum Gasteiger partial charge on any atom is -0.477 e. The first-order valence-corrected chi connectivity index (χ1v) is 7.95. The Morgan fingerprint density at radius 3 is 2.36 bits per heavy atom. The SMILES string of the molecule is C=C(Cl)CS(=O)(=O)c1ccc(-n2[nH]c(C(=O)O)cc2=O)cc1. The van der Waals surface area contributed by atoms with E-state index in [0.717, 1.165) is 10.7 Å². The van der Waals surface area contributed by atoms with E-state index in [1.165, 1.54) is 24.3 Å². The number of hydrogen-bond donors (Lipinski definition) is 2. The standard InChI is InChI=1S/C13H11ClN2O5S/c1-8(14)7-22(20,21)10-4-2-9(3-5-10)16-12(17)6-11(15-16)13(18)19/h2-6,15H,1,7H2,(H,18,19). The van der Waals surface area contributed by atoms with Crippen LogP contribution in [-0.4, -0.2) is 35.0 Å². The number of aromatic carboxylic acids is 1. The maximum Gasteiger partial charge on any atom is 0.353 e. The highest BCUT2D eigenvalue weighted by atomic mass is 35.5. The van der Waals surface area contributed by atoms with Gasteiger partial charge in [-0.3, -0.25) is 9.89 Å². The van der Waals surface area contributed by atoms with E-state index in [2.05, 4.69) is 11.7 Å². The number of halogens is 1. The van der Waals surface area contributed by atoms with Crippen molar-refractivity contribution in [2.45, 2.75) is 4.90 Å². The molecule has 9 heteroatoms. The van der Waals surface area contributed by atoms with Crippen LogP contribution in [0.25, 0.3) is 5.69 Å². The molecule has 0 bridgehead atoms. The van der Waals surface area contributed by atoms with E-state index in [0.29, 0.717) is 5.69 Å². The van der Waals surface area contributed by atoms with Gasteiger partial charge >= 0.3 is 5.97 Å². The Kier molecular flexibility index (Phi) is 4.25. The fraction of sp³-hybridized carbons (Fsp3) is 0.0769. The third kappa shape index (κ3) is 3.29. The lowest BCUT2D eigenvalue weighted by Gasteiger charge is -2.05. The lowest BCUT2D eigenvalue weighted by molar-refractivity contribution is 0.0690. The van der Waals surface area contributed by atoms with Gasteiger partial charge in [-0.1, -0.05) is 18.2 Å². The van der Waals surface area contributed by atoms with Gasteiger partial charge in [0, 0.05) is 11.1 Å². The quantitative estimate of drug-likeness (QED) is 0.853. The van der Waals surface area contributed by atoms with E-state index in [9.17, 15) is 18.0 Å². The fourth-order valence-corrected chi connectivity index (χ4v) is 3.35. The number of sulfone groups is 1. The van der Waals surface area contributed by atoms with Gasteiger partial charge in [0.2, 0.25) is 0 Å². The number of rotatable bonds is 5. The van der Waals surface area contributed by atoms with Crippen molar-refractivity contribution in [1.82, 2.24) is 9.78 Å². The largest absolute Gasteiger partial charge is 0.477 e. The van der Waals surface area contributed by atoms with Gasteiger partial charge in [-0.2, -0.15) is 0 Å². The molecule has 0 spiro atoms. The van der Waals surface area contributed by atoms with Crippen molar-refractivity contribution in [2.75, 3.05) is 5.75 Å². The first-order valence-electron chi connectivity index (χ1n) is 5.92. The normalized spacial score (nSPS) is 11.3. The van der Waals surface area contributed by atoms with Gasteiger partial charge in [-0.25, -0.2) is 17.9 Å². The first kappa shape index (κ1) is 16.1. The van der Waals surface area contributed by atoms with Gasteiger partial charge in [-0.05, 0) is 24.3 Å². The average molecular weight is 343 g/mol. The van der Waals surface area contributed by atoms with Crippen molar-refractivity contribution < 1.29 is 18.3 Å². The summed E-state index contributed by atoms with van der Waals surface area (Å²) in [6.07, 6.45) is 0. The van der Waals surface area contributed by atoms with E-state index in [1.54, 1.807) is 0 Å². The molecule has 0 atom stereocenters. The predicted molar refractivity (Wildman–Crippen MR) is 80.4 cm³/mol. The molecule has 0 fully saturated rings. The third-order valence-corrected chi connectivity index (χ3v) is 4.76. The van der Waals surface area contributed by atoms with E-state index in [1.807, 2.05) is 0 Å². The molecular weight excluding hydrogens is 332 g/mol. The van der Waals surface area contributed by atoms with Crippen molar-refractivity contribution in [3.63, 3.8) is 0 Å². The van der Waals surface area contributed by atoms with Gasteiger partial charge in [-0.15, -0.1) is 0 Å². The molecule has 2 rings (SSSR count). The molecule has 0 saturated heterocycles. The molecule has 2 N–H and O–H groups in total. The Morgan fingerprint density at radius 1 is 1.32 bits per heavy atom. The van der Waals surface area contributed by atoms with Crippen LogP contribution in [0.1, 0.15) is 10.5 Å². The molecule has 0 aliphatic heterocycles. The Bertz CT molecular complexity index is 893. The summed E-state index contributed by atoms with van der Waals surface area (Å²) in [5.74, 6) is -1.66. The summed E-state index contributed by atoms with van der Waals surface area (Å²) in [4.78, 5) is 22.5.